The number of nitrogens with one attached hydrogen (secondary N) is 3. The number of hydrogen-bond acceptors (Lipinski definition) is 9. The lowest BCUT2D eigenvalue weighted by atomic mass is 9.50. The Morgan fingerprint density at radius 1 is 0.891 bits per heavy atom. The number of rotatable bonds is 10. The first-order valence-electron chi connectivity index (χ1n) is 20.1. The van der Waals surface area contributed by atoms with E-state index in [-0.39, 0.29) is 46.7 Å². The van der Waals surface area contributed by atoms with Gasteiger partial charge in [-0.15, -0.1) is 0 Å². The van der Waals surface area contributed by atoms with E-state index in [1.54, 1.807) is 14.0 Å². The van der Waals surface area contributed by atoms with E-state index >= 15 is 0 Å². The normalized spacial score (nSPS) is 28.4. The minimum Gasteiger partial charge on any atom is -0.453 e. The third-order valence-corrected chi connectivity index (χ3v) is 13.6. The number of hydrogen-bond donors (Lipinski definition) is 3. The largest absolute Gasteiger partial charge is 0.453 e. The van der Waals surface area contributed by atoms with Gasteiger partial charge in [-0.05, 0) is 99.0 Å². The van der Waals surface area contributed by atoms with E-state index in [9.17, 15) is 19.2 Å². The van der Waals surface area contributed by atoms with Crippen molar-refractivity contribution in [2.75, 3.05) is 40.9 Å². The third-order valence-electron chi connectivity index (χ3n) is 13.6. The molecule has 1 aromatic carbocycles. The number of aliphatic imine (C=N–C) groups is 1. The lowest BCUT2D eigenvalue weighted by molar-refractivity contribution is -0.138. The van der Waals surface area contributed by atoms with E-state index in [2.05, 4.69) is 39.9 Å². The molecule has 0 spiro atoms. The Kier molecular flexibility index (Phi) is 10.9. The molecule has 6 aliphatic rings. The van der Waals surface area contributed by atoms with Crippen molar-refractivity contribution >= 4 is 29.8 Å². The van der Waals surface area contributed by atoms with Crippen LogP contribution in [0.5, 0.6) is 0 Å². The van der Waals surface area contributed by atoms with Crippen molar-refractivity contribution in [3.05, 3.63) is 41.9 Å². The van der Waals surface area contributed by atoms with Crippen molar-refractivity contribution in [3.8, 4) is 11.3 Å². The standard InChI is InChI=1S/C41H58N8O6/c1-25(2)33(47(4)39(53)55-6)37(51)49-22-8-9-30(49)34-42-23-29(45-34)27-11-13-28(14-12-27)40-15-18-41(19-16-40,20-17-40)32-24-43-35(46-32)31-10-7-21-48(31)36(50)26(3)44-38(52)54-5/h11-14,23,25-26,30-33H,7-10,15-22,24H2,1-6H3,(H,42,45)(H,43,46)(H,44,52)/t26?,30-,31-,32?,33-,40?,41?/m0/s1. The van der Waals surface area contributed by atoms with Gasteiger partial charge in [0.2, 0.25) is 11.8 Å². The van der Waals surface area contributed by atoms with E-state index in [0.717, 1.165) is 93.7 Å². The van der Waals surface area contributed by atoms with Crippen LogP contribution in [0.3, 0.4) is 0 Å². The minimum absolute atomic E-state index is 0.0745. The number of carbonyl (C=O) groups is 4. The molecule has 4 amide bonds. The molecular formula is C41H58N8O6. The SMILES string of the molecule is COC(=O)NC(C)C(=O)N1CCC[C@H]1C1=NCC(C23CCC(c4ccc(-c5cnc([C@@H]6CCCN6C(=O)[C@H](C(C)C)N(C)C(=O)OC)[nH]5)cc4)(CC2)CC3)N1. The fraction of sp³-hybridized carbons (Fsp3) is 0.659. The van der Waals surface area contributed by atoms with Crippen LogP contribution in [0.15, 0.2) is 35.5 Å². The van der Waals surface area contributed by atoms with Gasteiger partial charge in [0.1, 0.15) is 23.7 Å². The summed E-state index contributed by atoms with van der Waals surface area (Å²) in [6, 6.07) is 7.73. The Bertz CT molecular complexity index is 1770. The Morgan fingerprint density at radius 2 is 1.53 bits per heavy atom. The van der Waals surface area contributed by atoms with Gasteiger partial charge < -0.3 is 34.9 Å². The monoisotopic (exact) mass is 758 g/mol. The van der Waals surface area contributed by atoms with Crippen molar-refractivity contribution in [3.63, 3.8) is 0 Å². The molecule has 0 radical (unpaired) electrons. The van der Waals surface area contributed by atoms with Crippen LogP contribution in [-0.4, -0.2) is 120 Å². The van der Waals surface area contributed by atoms with Gasteiger partial charge in [-0.2, -0.15) is 0 Å². The van der Waals surface area contributed by atoms with Crippen LogP contribution in [0, 0.1) is 11.3 Å². The number of likely N-dealkylation sites (tertiary alicyclic amines) is 2. The highest BCUT2D eigenvalue weighted by molar-refractivity contribution is 5.95. The molecule has 8 rings (SSSR count). The van der Waals surface area contributed by atoms with Crippen molar-refractivity contribution < 1.29 is 28.7 Å². The molecular weight excluding hydrogens is 701 g/mol. The van der Waals surface area contributed by atoms with Crippen molar-refractivity contribution in [1.29, 1.82) is 0 Å². The number of ether oxygens (including phenoxy) is 2. The average Bonchev–Trinajstić information content (AvgIpc) is 4.04. The average molecular weight is 759 g/mol. The third kappa shape index (κ3) is 7.17. The highest BCUT2D eigenvalue weighted by Gasteiger charge is 2.54. The molecule has 3 aliphatic heterocycles. The first-order chi connectivity index (χ1) is 26.4. The molecule has 2 unspecified atom stereocenters. The summed E-state index contributed by atoms with van der Waals surface area (Å²) in [5.74, 6) is 1.43. The van der Waals surface area contributed by atoms with Gasteiger partial charge in [0, 0.05) is 20.1 Å². The first-order valence-corrected chi connectivity index (χ1v) is 20.1. The van der Waals surface area contributed by atoms with Gasteiger partial charge in [0.25, 0.3) is 0 Å². The fourth-order valence-electron chi connectivity index (χ4n) is 10.3. The summed E-state index contributed by atoms with van der Waals surface area (Å²) in [4.78, 5) is 69.5. The van der Waals surface area contributed by atoms with Crippen LogP contribution in [0.4, 0.5) is 9.59 Å². The maximum absolute atomic E-state index is 13.8. The van der Waals surface area contributed by atoms with Crippen molar-refractivity contribution in [2.45, 2.75) is 121 Å². The molecule has 55 heavy (non-hydrogen) atoms. The van der Waals surface area contributed by atoms with Gasteiger partial charge in [-0.1, -0.05) is 38.1 Å². The smallest absolute Gasteiger partial charge is 0.409 e. The number of amides is 4. The molecule has 3 aliphatic carbocycles. The predicted octanol–water partition coefficient (Wildman–Crippen LogP) is 5.16. The second-order valence-corrected chi connectivity index (χ2v) is 16.8. The molecule has 2 aromatic rings. The molecule has 14 heteroatoms. The number of H-pyrrole nitrogens is 1. The number of fused-ring (bicyclic) bond motifs is 3. The van der Waals surface area contributed by atoms with Crippen LogP contribution in [0.25, 0.3) is 11.3 Å². The summed E-state index contributed by atoms with van der Waals surface area (Å²) in [7, 11) is 4.25. The fourth-order valence-corrected chi connectivity index (χ4v) is 10.3. The number of aromatic nitrogens is 2. The number of aromatic amines is 1. The molecule has 3 saturated carbocycles. The number of nitrogens with zero attached hydrogens (tertiary/aromatic N) is 5. The molecule has 4 heterocycles. The number of likely N-dealkylation sites (N-methyl/N-ethyl adjacent to an activating group) is 1. The summed E-state index contributed by atoms with van der Waals surface area (Å²) in [5.41, 5.74) is 3.77. The van der Waals surface area contributed by atoms with E-state index in [0.29, 0.717) is 13.1 Å². The zero-order chi connectivity index (χ0) is 39.1. The molecule has 1 aromatic heterocycles. The van der Waals surface area contributed by atoms with E-state index in [1.807, 2.05) is 29.8 Å². The molecule has 2 bridgehead atoms. The van der Waals surface area contributed by atoms with Crippen LogP contribution in [0.1, 0.15) is 102 Å². The Balaban J connectivity index is 0.963. The molecule has 14 nitrogen and oxygen atoms in total. The topological polar surface area (TPSA) is 162 Å². The summed E-state index contributed by atoms with van der Waals surface area (Å²) in [6.07, 6.45) is 11.1. The zero-order valence-electron chi connectivity index (χ0n) is 33.2. The highest BCUT2D eigenvalue weighted by atomic mass is 16.5. The molecule has 5 fully saturated rings. The van der Waals surface area contributed by atoms with Gasteiger partial charge in [-0.25, -0.2) is 14.6 Å². The van der Waals surface area contributed by atoms with Crippen LogP contribution in [-0.2, 0) is 24.5 Å². The Hall–Kier alpha value is -4.62. The van der Waals surface area contributed by atoms with E-state index in [4.69, 9.17) is 19.5 Å². The second kappa shape index (κ2) is 15.5. The second-order valence-electron chi connectivity index (χ2n) is 16.8. The van der Waals surface area contributed by atoms with Gasteiger partial charge in [-0.3, -0.25) is 19.5 Å². The number of benzene rings is 1. The maximum Gasteiger partial charge on any atom is 0.409 e. The zero-order valence-corrected chi connectivity index (χ0v) is 33.2. The lowest BCUT2D eigenvalue weighted by Gasteiger charge is -2.56. The number of alkyl carbamates (subject to hydrolysis) is 1. The number of methoxy groups -OCH3 is 2. The van der Waals surface area contributed by atoms with Crippen LogP contribution >= 0.6 is 0 Å². The van der Waals surface area contributed by atoms with Crippen LogP contribution in [0.2, 0.25) is 0 Å². The number of amidine groups is 1. The van der Waals surface area contributed by atoms with E-state index in [1.165, 1.54) is 24.7 Å². The van der Waals surface area contributed by atoms with Crippen LogP contribution < -0.4 is 10.6 Å². The quantitative estimate of drug-likeness (QED) is 0.300. The first kappa shape index (κ1) is 38.6. The minimum atomic E-state index is -0.660. The number of imidazole rings is 1. The summed E-state index contributed by atoms with van der Waals surface area (Å²) >= 11 is 0. The predicted molar refractivity (Wildman–Crippen MR) is 207 cm³/mol. The summed E-state index contributed by atoms with van der Waals surface area (Å²) < 4.78 is 9.62. The van der Waals surface area contributed by atoms with Gasteiger partial charge >= 0.3 is 12.2 Å². The molecule has 2 saturated heterocycles. The maximum atomic E-state index is 13.8. The van der Waals surface area contributed by atoms with Crippen molar-refractivity contribution in [1.82, 2.24) is 35.3 Å². The molecule has 298 valence electrons. The lowest BCUT2D eigenvalue weighted by Crippen LogP contribution is -2.57. The summed E-state index contributed by atoms with van der Waals surface area (Å²) in [5, 5.41) is 6.43. The Labute approximate surface area is 324 Å². The number of carbonyl (C=O) groups excluding carboxylic acids is 4. The molecule has 3 N–H and O–H groups in total. The van der Waals surface area contributed by atoms with Gasteiger partial charge in [0.15, 0.2) is 0 Å². The van der Waals surface area contributed by atoms with Gasteiger partial charge in [0.05, 0.1) is 50.8 Å². The Morgan fingerprint density at radius 3 is 2.15 bits per heavy atom. The van der Waals surface area contributed by atoms with E-state index < -0.39 is 24.3 Å². The highest BCUT2D eigenvalue weighted by Crippen LogP contribution is 2.59. The molecule has 5 atom stereocenters. The van der Waals surface area contributed by atoms with Crippen molar-refractivity contribution in [2.24, 2.45) is 16.3 Å². The summed E-state index contributed by atoms with van der Waals surface area (Å²) in [6.45, 7) is 7.62.